The third-order valence-electron chi connectivity index (χ3n) is 4.34. The number of hydrogen-bond donors (Lipinski definition) is 0. The van der Waals surface area contributed by atoms with Gasteiger partial charge in [-0.05, 0) is 37.0 Å². The Kier molecular flexibility index (Phi) is 1.17. The zero-order valence-corrected chi connectivity index (χ0v) is 8.47. The molecule has 1 saturated carbocycles. The van der Waals surface area contributed by atoms with Gasteiger partial charge in [0.2, 0.25) is 0 Å². The summed E-state index contributed by atoms with van der Waals surface area (Å²) in [6, 6.07) is 5.12. The lowest BCUT2D eigenvalue weighted by Gasteiger charge is -2.54. The van der Waals surface area contributed by atoms with Crippen LogP contribution in [0.2, 0.25) is 24.7 Å². The zero-order chi connectivity index (χ0) is 7.47. The highest BCUT2D eigenvalue weighted by molar-refractivity contribution is 6.79. The van der Waals surface area contributed by atoms with Crippen LogP contribution in [0.4, 0.5) is 0 Å². The lowest BCUT2D eigenvalue weighted by atomic mass is 9.76. The van der Waals surface area contributed by atoms with Crippen molar-refractivity contribution in [3.63, 3.8) is 0 Å². The molecule has 0 aromatic carbocycles. The maximum absolute atomic E-state index is 2.68. The molecule has 11 heavy (non-hydrogen) atoms. The molecule has 3 aliphatic heterocycles. The van der Waals surface area contributed by atoms with Crippen LogP contribution >= 0.6 is 0 Å². The highest BCUT2D eigenvalue weighted by atomic mass is 28.3. The Morgan fingerprint density at radius 2 is 1.18 bits per heavy atom. The molecule has 62 valence electrons. The fourth-order valence-corrected chi connectivity index (χ4v) is 10.2. The molecule has 3 heterocycles. The predicted octanol–water partition coefficient (Wildman–Crippen LogP) is 3.12. The molecule has 0 spiro atoms. The molecule has 4 rings (SSSR count). The first-order valence-corrected chi connectivity index (χ1v) is 8.36. The van der Waals surface area contributed by atoms with Gasteiger partial charge in [-0.15, -0.1) is 0 Å². The van der Waals surface area contributed by atoms with Gasteiger partial charge in [-0.25, -0.2) is 0 Å². The van der Waals surface area contributed by atoms with Gasteiger partial charge in [0.05, 0.1) is 8.07 Å². The molecular formula is C10H18Si. The van der Waals surface area contributed by atoms with Crippen molar-refractivity contribution in [3.8, 4) is 0 Å². The average molecular weight is 166 g/mol. The minimum Gasteiger partial charge on any atom is -0.0691 e. The third-order valence-corrected chi connectivity index (χ3v) is 9.03. The normalized spacial score (nSPS) is 60.3. The van der Waals surface area contributed by atoms with Gasteiger partial charge in [0, 0.05) is 0 Å². The highest BCUT2D eigenvalue weighted by Gasteiger charge is 2.49. The second kappa shape index (κ2) is 1.93. The summed E-state index contributed by atoms with van der Waals surface area (Å²) in [5, 5.41) is 0. The SMILES string of the molecule is C[Si]12CC3CC(CC(C3)C1)C2. The first-order valence-electron chi connectivity index (χ1n) is 5.23. The minimum absolute atomic E-state index is 0.600. The quantitative estimate of drug-likeness (QED) is 0.485. The van der Waals surface area contributed by atoms with Gasteiger partial charge >= 0.3 is 0 Å². The van der Waals surface area contributed by atoms with Gasteiger partial charge < -0.3 is 0 Å². The van der Waals surface area contributed by atoms with E-state index in [9.17, 15) is 0 Å². The van der Waals surface area contributed by atoms with Crippen molar-refractivity contribution in [2.75, 3.05) is 0 Å². The van der Waals surface area contributed by atoms with Crippen LogP contribution in [0.25, 0.3) is 0 Å². The molecule has 4 aliphatic rings. The second-order valence-electron chi connectivity index (χ2n) is 5.73. The lowest BCUT2D eigenvalue weighted by Crippen LogP contribution is -2.50. The maximum atomic E-state index is 2.68. The van der Waals surface area contributed by atoms with E-state index in [1.807, 2.05) is 0 Å². The van der Waals surface area contributed by atoms with Crippen molar-refractivity contribution in [1.82, 2.24) is 0 Å². The van der Waals surface area contributed by atoms with E-state index >= 15 is 0 Å². The Balaban J connectivity index is 1.94. The predicted molar refractivity (Wildman–Crippen MR) is 50.4 cm³/mol. The summed E-state index contributed by atoms with van der Waals surface area (Å²) >= 11 is 0. The van der Waals surface area contributed by atoms with Crippen LogP contribution in [-0.2, 0) is 0 Å². The van der Waals surface area contributed by atoms with Crippen molar-refractivity contribution in [2.45, 2.75) is 43.9 Å². The van der Waals surface area contributed by atoms with E-state index in [0.29, 0.717) is 0 Å². The van der Waals surface area contributed by atoms with Crippen LogP contribution in [0.3, 0.4) is 0 Å². The van der Waals surface area contributed by atoms with E-state index in [2.05, 4.69) is 6.55 Å². The Labute approximate surface area is 70.4 Å². The molecule has 0 unspecified atom stereocenters. The van der Waals surface area contributed by atoms with Crippen LogP contribution < -0.4 is 0 Å². The van der Waals surface area contributed by atoms with Crippen LogP contribution in [0, 0.1) is 17.8 Å². The van der Waals surface area contributed by atoms with Crippen molar-refractivity contribution in [1.29, 1.82) is 0 Å². The molecule has 0 radical (unpaired) electrons. The van der Waals surface area contributed by atoms with Crippen molar-refractivity contribution >= 4 is 8.07 Å². The van der Waals surface area contributed by atoms with Crippen LogP contribution in [0.15, 0.2) is 0 Å². The highest BCUT2D eigenvalue weighted by Crippen LogP contribution is 2.55. The Morgan fingerprint density at radius 1 is 0.818 bits per heavy atom. The fraction of sp³-hybridized carbons (Fsp3) is 1.00. The molecule has 0 nitrogen and oxygen atoms in total. The molecule has 0 N–H and O–H groups in total. The van der Waals surface area contributed by atoms with Gasteiger partial charge in [-0.1, -0.05) is 24.7 Å². The second-order valence-corrected chi connectivity index (χ2v) is 10.6. The monoisotopic (exact) mass is 166 g/mol. The molecule has 0 aromatic heterocycles. The fourth-order valence-electron chi connectivity index (χ4n) is 4.54. The van der Waals surface area contributed by atoms with Crippen molar-refractivity contribution in [3.05, 3.63) is 0 Å². The first-order chi connectivity index (χ1) is 5.23. The molecule has 0 amide bonds. The third kappa shape index (κ3) is 0.931. The molecule has 0 atom stereocenters. The Bertz CT molecular complexity index is 150. The lowest BCUT2D eigenvalue weighted by molar-refractivity contribution is 0.188. The Hall–Kier alpha value is 0.217. The van der Waals surface area contributed by atoms with Gasteiger partial charge in [0.1, 0.15) is 0 Å². The number of hydrogen-bond acceptors (Lipinski definition) is 0. The van der Waals surface area contributed by atoms with Gasteiger partial charge in [0.25, 0.3) is 0 Å². The van der Waals surface area contributed by atoms with Crippen LogP contribution in [-0.4, -0.2) is 8.07 Å². The molecular weight excluding hydrogens is 148 g/mol. The zero-order valence-electron chi connectivity index (χ0n) is 7.47. The average Bonchev–Trinajstić information content (AvgIpc) is 1.79. The van der Waals surface area contributed by atoms with Gasteiger partial charge in [0.15, 0.2) is 0 Å². The Morgan fingerprint density at radius 3 is 1.45 bits per heavy atom. The summed E-state index contributed by atoms with van der Waals surface area (Å²) in [4.78, 5) is 0. The summed E-state index contributed by atoms with van der Waals surface area (Å²) in [5.41, 5.74) is 0. The molecule has 0 aromatic rings. The summed E-state index contributed by atoms with van der Waals surface area (Å²) in [6.45, 7) is 2.68. The van der Waals surface area contributed by atoms with Crippen molar-refractivity contribution in [2.24, 2.45) is 17.8 Å². The van der Waals surface area contributed by atoms with Crippen LogP contribution in [0.1, 0.15) is 19.3 Å². The molecule has 4 fully saturated rings. The van der Waals surface area contributed by atoms with Gasteiger partial charge in [-0.3, -0.25) is 0 Å². The summed E-state index contributed by atoms with van der Waals surface area (Å²) in [7, 11) is -0.600. The molecule has 1 aliphatic carbocycles. The smallest absolute Gasteiger partial charge is 0.0512 e. The largest absolute Gasteiger partial charge is 0.0691 e. The van der Waals surface area contributed by atoms with Gasteiger partial charge in [-0.2, -0.15) is 0 Å². The van der Waals surface area contributed by atoms with E-state index in [-0.39, 0.29) is 0 Å². The van der Waals surface area contributed by atoms with E-state index in [1.54, 1.807) is 37.4 Å². The van der Waals surface area contributed by atoms with E-state index in [4.69, 9.17) is 0 Å². The molecule has 3 saturated heterocycles. The first kappa shape index (κ1) is 6.70. The molecule has 4 bridgehead atoms. The standard InChI is InChI=1S/C10H18Si/c1-11-5-8-2-9(6-11)4-10(3-8)7-11/h8-10H,2-7H2,1H3. The maximum Gasteiger partial charge on any atom is 0.0512 e. The summed E-state index contributed by atoms with van der Waals surface area (Å²) in [5.74, 6) is 3.62. The molecule has 1 heteroatoms. The van der Waals surface area contributed by atoms with Crippen molar-refractivity contribution < 1.29 is 0 Å². The summed E-state index contributed by atoms with van der Waals surface area (Å²) in [6.07, 6.45) is 4.87. The minimum atomic E-state index is -0.600. The topological polar surface area (TPSA) is 0 Å². The summed E-state index contributed by atoms with van der Waals surface area (Å²) < 4.78 is 0. The van der Waals surface area contributed by atoms with E-state index in [1.165, 1.54) is 17.8 Å². The van der Waals surface area contributed by atoms with E-state index in [0.717, 1.165) is 0 Å². The van der Waals surface area contributed by atoms with E-state index < -0.39 is 8.07 Å². The van der Waals surface area contributed by atoms with Crippen LogP contribution in [0.5, 0.6) is 0 Å². The number of rotatable bonds is 0.